The van der Waals surface area contributed by atoms with Crippen molar-refractivity contribution in [2.75, 3.05) is 7.11 Å². The van der Waals surface area contributed by atoms with Crippen molar-refractivity contribution in [2.45, 2.75) is 12.2 Å². The van der Waals surface area contributed by atoms with Crippen molar-refractivity contribution in [3.8, 4) is 5.75 Å². The number of carbonyl (C=O) groups is 1. The van der Waals surface area contributed by atoms with Crippen LogP contribution in [0.3, 0.4) is 0 Å². The van der Waals surface area contributed by atoms with Crippen molar-refractivity contribution >= 4 is 6.29 Å². The Morgan fingerprint density at radius 2 is 1.86 bits per heavy atom. The van der Waals surface area contributed by atoms with Crippen molar-refractivity contribution in [3.05, 3.63) is 29.8 Å². The van der Waals surface area contributed by atoms with E-state index in [2.05, 4.69) is 0 Å². The molecule has 0 heterocycles. The summed E-state index contributed by atoms with van der Waals surface area (Å²) in [4.78, 5) is 10.2. The molecule has 0 fully saturated rings. The van der Waals surface area contributed by atoms with Gasteiger partial charge in [-0.15, -0.1) is 0 Å². The summed E-state index contributed by atoms with van der Waals surface area (Å²) in [5, 5.41) is 18.5. The molecule has 0 amide bonds. The van der Waals surface area contributed by atoms with Gasteiger partial charge in [-0.2, -0.15) is 0 Å². The summed E-state index contributed by atoms with van der Waals surface area (Å²) in [7, 11) is 1.53. The Labute approximate surface area is 81.8 Å². The summed E-state index contributed by atoms with van der Waals surface area (Å²) in [5.74, 6) is 0.654. The number of aliphatic hydroxyl groups is 2. The topological polar surface area (TPSA) is 66.8 Å². The van der Waals surface area contributed by atoms with Crippen LogP contribution >= 0.6 is 0 Å². The maximum Gasteiger partial charge on any atom is 0.151 e. The Kier molecular flexibility index (Phi) is 3.62. The third-order valence-electron chi connectivity index (χ3n) is 1.92. The normalized spacial score (nSPS) is 14.5. The highest BCUT2D eigenvalue weighted by Gasteiger charge is 2.16. The number of rotatable bonds is 4. The zero-order valence-electron chi connectivity index (χ0n) is 7.75. The smallest absolute Gasteiger partial charge is 0.151 e. The maximum atomic E-state index is 10.2. The van der Waals surface area contributed by atoms with E-state index in [1.54, 1.807) is 24.3 Å². The van der Waals surface area contributed by atoms with E-state index < -0.39 is 12.2 Å². The molecule has 0 spiro atoms. The van der Waals surface area contributed by atoms with E-state index in [-0.39, 0.29) is 0 Å². The van der Waals surface area contributed by atoms with E-state index in [1.165, 1.54) is 7.11 Å². The number of benzene rings is 1. The van der Waals surface area contributed by atoms with Crippen molar-refractivity contribution in [1.82, 2.24) is 0 Å². The Morgan fingerprint density at radius 3 is 2.29 bits per heavy atom. The summed E-state index contributed by atoms with van der Waals surface area (Å²) in [6.45, 7) is 0. The quantitative estimate of drug-likeness (QED) is 0.679. The first-order valence-electron chi connectivity index (χ1n) is 4.14. The van der Waals surface area contributed by atoms with Crippen molar-refractivity contribution in [3.63, 3.8) is 0 Å². The van der Waals surface area contributed by atoms with E-state index in [0.717, 1.165) is 0 Å². The van der Waals surface area contributed by atoms with Gasteiger partial charge in [-0.05, 0) is 17.7 Å². The minimum Gasteiger partial charge on any atom is -0.497 e. The summed E-state index contributed by atoms with van der Waals surface area (Å²) in [6, 6.07) is 6.48. The van der Waals surface area contributed by atoms with Crippen LogP contribution in [-0.2, 0) is 4.79 Å². The van der Waals surface area contributed by atoms with Crippen molar-refractivity contribution < 1.29 is 19.7 Å². The van der Waals surface area contributed by atoms with Crippen LogP contribution in [0.4, 0.5) is 0 Å². The summed E-state index contributed by atoms with van der Waals surface area (Å²) < 4.78 is 4.92. The summed E-state index contributed by atoms with van der Waals surface area (Å²) >= 11 is 0. The van der Waals surface area contributed by atoms with E-state index in [0.29, 0.717) is 17.6 Å². The lowest BCUT2D eigenvalue weighted by atomic mass is 10.1. The Hall–Kier alpha value is -1.39. The number of carbonyl (C=O) groups excluding carboxylic acids is 1. The van der Waals surface area contributed by atoms with Crippen LogP contribution in [0.25, 0.3) is 0 Å². The molecule has 0 unspecified atom stereocenters. The summed E-state index contributed by atoms with van der Waals surface area (Å²) in [5.41, 5.74) is 0.477. The fraction of sp³-hybridized carbons (Fsp3) is 0.300. The van der Waals surface area contributed by atoms with Gasteiger partial charge in [0.25, 0.3) is 0 Å². The summed E-state index contributed by atoms with van der Waals surface area (Å²) in [6.07, 6.45) is -2.27. The molecular weight excluding hydrogens is 184 g/mol. The second kappa shape index (κ2) is 4.74. The molecule has 2 atom stereocenters. The molecule has 76 valence electrons. The fourth-order valence-electron chi connectivity index (χ4n) is 1.07. The van der Waals surface area contributed by atoms with Gasteiger partial charge < -0.3 is 19.7 Å². The molecule has 0 aliphatic rings. The molecule has 0 bridgehead atoms. The van der Waals surface area contributed by atoms with E-state index in [1.807, 2.05) is 0 Å². The van der Waals surface area contributed by atoms with E-state index in [9.17, 15) is 9.90 Å². The van der Waals surface area contributed by atoms with Crippen LogP contribution in [0, 0.1) is 0 Å². The molecule has 0 saturated heterocycles. The number of hydrogen-bond acceptors (Lipinski definition) is 4. The molecule has 0 aliphatic heterocycles. The molecular formula is C10H12O4. The third-order valence-corrected chi connectivity index (χ3v) is 1.92. The zero-order valence-corrected chi connectivity index (χ0v) is 7.75. The maximum absolute atomic E-state index is 10.2. The van der Waals surface area contributed by atoms with Gasteiger partial charge >= 0.3 is 0 Å². The van der Waals surface area contributed by atoms with Gasteiger partial charge in [-0.3, -0.25) is 0 Å². The zero-order chi connectivity index (χ0) is 10.6. The fourth-order valence-corrected chi connectivity index (χ4v) is 1.07. The number of hydrogen-bond donors (Lipinski definition) is 2. The Morgan fingerprint density at radius 1 is 1.29 bits per heavy atom. The van der Waals surface area contributed by atoms with Crippen molar-refractivity contribution in [1.29, 1.82) is 0 Å². The molecule has 0 saturated carbocycles. The van der Waals surface area contributed by atoms with Gasteiger partial charge in [-0.25, -0.2) is 0 Å². The average Bonchev–Trinajstić information content (AvgIpc) is 2.27. The molecule has 4 heteroatoms. The first kappa shape index (κ1) is 10.7. The monoisotopic (exact) mass is 196 g/mol. The second-order valence-electron chi connectivity index (χ2n) is 2.84. The largest absolute Gasteiger partial charge is 0.497 e. The highest BCUT2D eigenvalue weighted by Crippen LogP contribution is 2.19. The lowest BCUT2D eigenvalue weighted by Gasteiger charge is -2.12. The standard InChI is InChI=1S/C10H12O4/c1-14-8-4-2-7(3-5-8)10(13)9(12)6-11/h2-6,9-10,12-13H,1H3/t9-,10+/m1/s1. The molecule has 0 aromatic heterocycles. The van der Waals surface area contributed by atoms with Crippen LogP contribution < -0.4 is 4.74 Å². The predicted octanol–water partition coefficient (Wildman–Crippen LogP) is 0.288. The molecule has 0 radical (unpaired) electrons. The van der Waals surface area contributed by atoms with E-state index in [4.69, 9.17) is 9.84 Å². The van der Waals surface area contributed by atoms with Gasteiger partial charge in [0.2, 0.25) is 0 Å². The highest BCUT2D eigenvalue weighted by molar-refractivity contribution is 5.57. The lowest BCUT2D eigenvalue weighted by Crippen LogP contribution is -2.19. The molecule has 0 aliphatic carbocycles. The van der Waals surface area contributed by atoms with E-state index >= 15 is 0 Å². The van der Waals surface area contributed by atoms with Crippen LogP contribution in [0.1, 0.15) is 11.7 Å². The van der Waals surface area contributed by atoms with Crippen LogP contribution in [-0.4, -0.2) is 29.7 Å². The molecule has 1 aromatic carbocycles. The van der Waals surface area contributed by atoms with Crippen LogP contribution in [0.15, 0.2) is 24.3 Å². The van der Waals surface area contributed by atoms with Gasteiger partial charge in [0.1, 0.15) is 18.0 Å². The molecule has 1 aromatic rings. The third kappa shape index (κ3) is 2.31. The number of aliphatic hydroxyl groups excluding tert-OH is 2. The van der Waals surface area contributed by atoms with Gasteiger partial charge in [0, 0.05) is 0 Å². The number of aldehydes is 1. The molecule has 4 nitrogen and oxygen atoms in total. The minimum absolute atomic E-state index is 0.300. The number of methoxy groups -OCH3 is 1. The highest BCUT2D eigenvalue weighted by atomic mass is 16.5. The van der Waals surface area contributed by atoms with Crippen LogP contribution in [0.2, 0.25) is 0 Å². The first-order valence-corrected chi connectivity index (χ1v) is 4.14. The van der Waals surface area contributed by atoms with Crippen molar-refractivity contribution in [2.24, 2.45) is 0 Å². The van der Waals surface area contributed by atoms with Gasteiger partial charge in [-0.1, -0.05) is 12.1 Å². The molecule has 1 rings (SSSR count). The SMILES string of the molecule is COc1ccc([C@H](O)[C@H](O)C=O)cc1. The van der Waals surface area contributed by atoms with Crippen LogP contribution in [0.5, 0.6) is 5.75 Å². The molecule has 14 heavy (non-hydrogen) atoms. The second-order valence-corrected chi connectivity index (χ2v) is 2.84. The Bertz CT molecular complexity index is 293. The molecule has 2 N–H and O–H groups in total. The minimum atomic E-state index is -1.39. The lowest BCUT2D eigenvalue weighted by molar-refractivity contribution is -0.120. The van der Waals surface area contributed by atoms with Gasteiger partial charge in [0.15, 0.2) is 6.29 Å². The Balaban J connectivity index is 2.80. The average molecular weight is 196 g/mol. The predicted molar refractivity (Wildman–Crippen MR) is 50.0 cm³/mol. The van der Waals surface area contributed by atoms with Gasteiger partial charge in [0.05, 0.1) is 7.11 Å². The number of ether oxygens (including phenoxy) is 1. The first-order chi connectivity index (χ1) is 6.69.